The largest absolute Gasteiger partial charge is 0.504 e. The van der Waals surface area contributed by atoms with Crippen LogP contribution in [0.2, 0.25) is 10.0 Å². The van der Waals surface area contributed by atoms with E-state index in [0.29, 0.717) is 27.3 Å². The molecule has 4 amide bonds. The van der Waals surface area contributed by atoms with Crippen molar-refractivity contribution in [3.05, 3.63) is 126 Å². The Morgan fingerprint density at radius 1 is 1.02 bits per heavy atom. The standard InChI is InChI=1S/C39H27BrCl2F3N5O8/c1-58-29-13-19(40)12-26(32(29)51)31-23-9-10-24-30(36(54)48(34(24)52)21-3-2-4-22(14-21)50(56)57)25(23)15-27-35(53)49(37(55)38(27,31)17-5-7-20(41)8-6-17)47-33-28(42)11-18(16-46-33)39(43,44)45/h2-9,11-14,16,24-25,27,30-31,51H,10,15H2,1H3,(H,46,47). The Balaban J connectivity index is 1.33. The van der Waals surface area contributed by atoms with E-state index in [1.165, 1.54) is 43.5 Å². The lowest BCUT2D eigenvalue weighted by atomic mass is 9.49. The smallest absolute Gasteiger partial charge is 0.417 e. The van der Waals surface area contributed by atoms with Gasteiger partial charge in [-0.3, -0.25) is 34.7 Å². The van der Waals surface area contributed by atoms with Crippen LogP contribution in [-0.4, -0.2) is 50.8 Å². The second-order valence-corrected chi connectivity index (χ2v) is 16.0. The van der Waals surface area contributed by atoms with E-state index >= 15 is 4.79 Å². The molecule has 0 radical (unpaired) electrons. The third kappa shape index (κ3) is 5.92. The molecule has 2 aliphatic carbocycles. The minimum absolute atomic E-state index is 0.0000444. The van der Waals surface area contributed by atoms with Crippen LogP contribution in [-0.2, 0) is 30.8 Å². The highest BCUT2D eigenvalue weighted by Crippen LogP contribution is 2.65. The molecule has 4 aliphatic rings. The highest BCUT2D eigenvalue weighted by molar-refractivity contribution is 9.10. The first-order valence-corrected chi connectivity index (χ1v) is 19.1. The fourth-order valence-corrected chi connectivity index (χ4v) is 9.89. The molecular weight excluding hydrogens is 874 g/mol. The minimum atomic E-state index is -4.80. The van der Waals surface area contributed by atoms with Crippen molar-refractivity contribution in [3.63, 3.8) is 0 Å². The van der Waals surface area contributed by atoms with E-state index < -0.39 is 91.9 Å². The summed E-state index contributed by atoms with van der Waals surface area (Å²) in [6, 6.07) is 14.8. The van der Waals surface area contributed by atoms with E-state index in [-0.39, 0.29) is 46.1 Å². The van der Waals surface area contributed by atoms with Gasteiger partial charge in [0.1, 0.15) is 0 Å². The van der Waals surface area contributed by atoms with Gasteiger partial charge in [0.2, 0.25) is 11.8 Å². The number of nitro groups is 1. The molecule has 19 heteroatoms. The Hall–Kier alpha value is -5.52. The topological polar surface area (TPSA) is 172 Å². The number of allylic oxidation sites excluding steroid dienone is 2. The molecule has 0 spiro atoms. The van der Waals surface area contributed by atoms with Crippen LogP contribution in [0.5, 0.6) is 11.5 Å². The van der Waals surface area contributed by atoms with E-state index in [1.807, 2.05) is 0 Å². The van der Waals surface area contributed by atoms with Crippen molar-refractivity contribution in [2.45, 2.75) is 30.4 Å². The summed E-state index contributed by atoms with van der Waals surface area (Å²) in [7, 11) is 1.32. The van der Waals surface area contributed by atoms with Crippen LogP contribution in [0.25, 0.3) is 0 Å². The number of ether oxygens (including phenoxy) is 1. The van der Waals surface area contributed by atoms with Gasteiger partial charge in [-0.25, -0.2) is 9.88 Å². The number of benzene rings is 3. The van der Waals surface area contributed by atoms with Gasteiger partial charge in [-0.2, -0.15) is 18.2 Å². The van der Waals surface area contributed by atoms with Gasteiger partial charge in [0.15, 0.2) is 17.3 Å². The average Bonchev–Trinajstić information content (AvgIpc) is 3.56. The number of imide groups is 2. The Morgan fingerprint density at radius 3 is 2.40 bits per heavy atom. The zero-order chi connectivity index (χ0) is 41.6. The van der Waals surface area contributed by atoms with E-state index in [4.69, 9.17) is 27.9 Å². The number of hydrogen-bond donors (Lipinski definition) is 2. The van der Waals surface area contributed by atoms with Crippen molar-refractivity contribution in [2.24, 2.45) is 23.7 Å². The molecular formula is C39H27BrCl2F3N5O8. The zero-order valence-electron chi connectivity index (χ0n) is 29.7. The number of phenols is 1. The molecule has 0 bridgehead atoms. The number of phenolic OH excluding ortho intramolecular Hbond substituents is 1. The van der Waals surface area contributed by atoms with Gasteiger partial charge in [-0.15, -0.1) is 0 Å². The van der Waals surface area contributed by atoms with Gasteiger partial charge in [-0.05, 0) is 60.7 Å². The van der Waals surface area contributed by atoms with Crippen LogP contribution >= 0.6 is 39.1 Å². The van der Waals surface area contributed by atoms with Crippen LogP contribution < -0.4 is 15.1 Å². The molecule has 298 valence electrons. The molecule has 2 saturated heterocycles. The summed E-state index contributed by atoms with van der Waals surface area (Å²) in [6.07, 6.45) is -2.79. The number of anilines is 2. The average molecular weight is 901 g/mol. The number of nitrogens with zero attached hydrogens (tertiary/aromatic N) is 4. The maximum absolute atomic E-state index is 15.4. The lowest BCUT2D eigenvalue weighted by Gasteiger charge is -2.50. The summed E-state index contributed by atoms with van der Waals surface area (Å²) in [5.41, 5.74) is -0.0844. The molecule has 1 saturated carbocycles. The number of amides is 4. The van der Waals surface area contributed by atoms with E-state index in [2.05, 4.69) is 26.3 Å². The molecule has 2 aliphatic heterocycles. The number of carbonyl (C=O) groups excluding carboxylic acids is 4. The van der Waals surface area contributed by atoms with Crippen molar-refractivity contribution in [2.75, 3.05) is 17.4 Å². The number of hydrazine groups is 1. The predicted octanol–water partition coefficient (Wildman–Crippen LogP) is 7.98. The number of alkyl halides is 3. The van der Waals surface area contributed by atoms with Crippen LogP contribution in [0.4, 0.5) is 30.4 Å². The maximum Gasteiger partial charge on any atom is 0.417 e. The maximum atomic E-state index is 15.4. The molecule has 8 rings (SSSR count). The van der Waals surface area contributed by atoms with Gasteiger partial charge < -0.3 is 9.84 Å². The number of fused-ring (bicyclic) bond motifs is 4. The van der Waals surface area contributed by atoms with Crippen molar-refractivity contribution >= 4 is 80.0 Å². The quantitative estimate of drug-likeness (QED) is 0.0802. The summed E-state index contributed by atoms with van der Waals surface area (Å²) in [5.74, 6) is -9.44. The van der Waals surface area contributed by atoms with Gasteiger partial charge in [-0.1, -0.05) is 69.0 Å². The van der Waals surface area contributed by atoms with E-state index in [0.717, 1.165) is 11.0 Å². The molecule has 4 aromatic rings. The molecule has 6 unspecified atom stereocenters. The zero-order valence-corrected chi connectivity index (χ0v) is 32.8. The second kappa shape index (κ2) is 14.1. The van der Waals surface area contributed by atoms with Gasteiger partial charge in [0.25, 0.3) is 17.5 Å². The van der Waals surface area contributed by atoms with Crippen molar-refractivity contribution < 1.29 is 47.1 Å². The number of methoxy groups -OCH3 is 1. The van der Waals surface area contributed by atoms with Crippen LogP contribution in [0.1, 0.15) is 35.4 Å². The van der Waals surface area contributed by atoms with Crippen molar-refractivity contribution in [1.82, 2.24) is 9.99 Å². The number of carbonyl (C=O) groups is 4. The minimum Gasteiger partial charge on any atom is -0.504 e. The third-order valence-corrected chi connectivity index (χ3v) is 12.5. The van der Waals surface area contributed by atoms with Crippen LogP contribution in [0.15, 0.2) is 89.0 Å². The molecule has 6 atom stereocenters. The number of aromatic nitrogens is 1. The molecule has 1 aromatic heterocycles. The molecule has 13 nitrogen and oxygen atoms in total. The normalized spacial score (nSPS) is 25.3. The van der Waals surface area contributed by atoms with Crippen molar-refractivity contribution in [3.8, 4) is 11.5 Å². The highest BCUT2D eigenvalue weighted by Gasteiger charge is 2.71. The molecule has 2 N–H and O–H groups in total. The lowest BCUT2D eigenvalue weighted by molar-refractivity contribution is -0.384. The molecule has 58 heavy (non-hydrogen) atoms. The summed E-state index contributed by atoms with van der Waals surface area (Å²) >= 11 is 16.0. The summed E-state index contributed by atoms with van der Waals surface area (Å²) in [6.45, 7) is 0. The SMILES string of the molecule is COc1cc(Br)cc(C2C3=CCC4C(=O)N(c5cccc([N+](=O)[O-])c5)C(=O)C4C3CC3C(=O)N(Nc4ncc(C(F)(F)F)cc4Cl)C(=O)C32c2ccc(Cl)cc2)c1O. The third-order valence-electron chi connectivity index (χ3n) is 11.5. The summed E-state index contributed by atoms with van der Waals surface area (Å²) < 4.78 is 46.5. The first-order chi connectivity index (χ1) is 27.5. The van der Waals surface area contributed by atoms with Crippen molar-refractivity contribution in [1.29, 1.82) is 0 Å². The molecule has 3 heterocycles. The Bertz CT molecular complexity index is 2510. The first kappa shape index (κ1) is 39.3. The van der Waals surface area contributed by atoms with E-state index in [1.54, 1.807) is 24.3 Å². The van der Waals surface area contributed by atoms with E-state index in [9.17, 15) is 42.8 Å². The van der Waals surface area contributed by atoms with Gasteiger partial charge in [0, 0.05) is 39.3 Å². The number of aromatic hydroxyl groups is 1. The lowest BCUT2D eigenvalue weighted by Crippen LogP contribution is -2.53. The second-order valence-electron chi connectivity index (χ2n) is 14.3. The number of hydrogen-bond acceptors (Lipinski definition) is 10. The van der Waals surface area contributed by atoms with Crippen LogP contribution in [0, 0.1) is 33.8 Å². The Kier molecular flexibility index (Phi) is 9.55. The molecule has 3 aromatic carbocycles. The number of pyridine rings is 1. The number of non-ortho nitro benzene ring substituents is 1. The summed E-state index contributed by atoms with van der Waals surface area (Å²) in [5, 5.41) is 23.9. The summed E-state index contributed by atoms with van der Waals surface area (Å²) in [4.78, 5) is 74.6. The number of rotatable bonds is 7. The fourth-order valence-electron chi connectivity index (χ4n) is 9.10. The Labute approximate surface area is 344 Å². The number of halogens is 6. The highest BCUT2D eigenvalue weighted by atomic mass is 79.9. The van der Waals surface area contributed by atoms with Gasteiger partial charge >= 0.3 is 6.18 Å². The van der Waals surface area contributed by atoms with Crippen LogP contribution in [0.3, 0.4) is 0 Å². The number of nitrogens with one attached hydrogen (secondary N) is 1. The van der Waals surface area contributed by atoms with Gasteiger partial charge in [0.05, 0.1) is 51.5 Å². The number of nitro benzene ring substituents is 1. The molecule has 3 fully saturated rings. The predicted molar refractivity (Wildman–Crippen MR) is 205 cm³/mol. The first-order valence-electron chi connectivity index (χ1n) is 17.5. The monoisotopic (exact) mass is 899 g/mol. The Morgan fingerprint density at radius 2 is 1.74 bits per heavy atom. The fraction of sp³-hybridized carbons (Fsp3) is 0.256.